The molecule has 4 rings (SSSR count). The van der Waals surface area contributed by atoms with Crippen LogP contribution < -0.4 is 15.0 Å². The second kappa shape index (κ2) is 9.31. The highest BCUT2D eigenvalue weighted by Gasteiger charge is 2.18. The van der Waals surface area contributed by atoms with Crippen molar-refractivity contribution in [3.05, 3.63) is 59.9 Å². The van der Waals surface area contributed by atoms with Crippen LogP contribution >= 0.6 is 0 Å². The van der Waals surface area contributed by atoms with Gasteiger partial charge in [-0.3, -0.25) is 4.79 Å². The first kappa shape index (κ1) is 21.1. The Hall–Kier alpha value is -3.19. The molecule has 1 aliphatic rings. The maximum Gasteiger partial charge on any atom is 0.262 e. The van der Waals surface area contributed by atoms with Crippen LogP contribution in [0.25, 0.3) is 10.9 Å². The Morgan fingerprint density at radius 2 is 1.84 bits per heavy atom. The quantitative estimate of drug-likeness (QED) is 0.654. The molecule has 0 saturated carbocycles. The number of pyridine rings is 1. The van der Waals surface area contributed by atoms with Crippen LogP contribution in [0, 0.1) is 12.7 Å². The second-order valence-corrected chi connectivity index (χ2v) is 7.74. The number of fused-ring (bicyclic) bond motifs is 1. The van der Waals surface area contributed by atoms with E-state index >= 15 is 0 Å². The molecule has 7 heteroatoms. The number of piperazine rings is 1. The smallest absolute Gasteiger partial charge is 0.262 e. The van der Waals surface area contributed by atoms with Gasteiger partial charge in [0.25, 0.3) is 5.91 Å². The molecule has 1 amide bonds. The van der Waals surface area contributed by atoms with E-state index in [0.717, 1.165) is 55.0 Å². The molecule has 2 aromatic carbocycles. The lowest BCUT2D eigenvalue weighted by molar-refractivity contribution is -0.118. The lowest BCUT2D eigenvalue weighted by Crippen LogP contribution is -2.46. The molecule has 0 unspecified atom stereocenters. The molecule has 162 valence electrons. The van der Waals surface area contributed by atoms with Crippen LogP contribution in [0.15, 0.2) is 48.5 Å². The normalized spacial score (nSPS) is 14.6. The highest BCUT2D eigenvalue weighted by atomic mass is 19.1. The van der Waals surface area contributed by atoms with E-state index in [4.69, 9.17) is 9.72 Å². The summed E-state index contributed by atoms with van der Waals surface area (Å²) >= 11 is 0. The lowest BCUT2D eigenvalue weighted by atomic mass is 10.1. The Morgan fingerprint density at radius 3 is 2.55 bits per heavy atom. The van der Waals surface area contributed by atoms with Crippen LogP contribution in [-0.4, -0.2) is 55.1 Å². The summed E-state index contributed by atoms with van der Waals surface area (Å²) in [5, 5.41) is 3.86. The van der Waals surface area contributed by atoms with Crippen LogP contribution in [0.2, 0.25) is 0 Å². The molecule has 0 spiro atoms. The summed E-state index contributed by atoms with van der Waals surface area (Å²) < 4.78 is 18.4. The average Bonchev–Trinajstić information content (AvgIpc) is 2.79. The van der Waals surface area contributed by atoms with Gasteiger partial charge in [-0.25, -0.2) is 9.37 Å². The molecule has 0 radical (unpaired) electrons. The third kappa shape index (κ3) is 5.11. The zero-order chi connectivity index (χ0) is 21.8. The predicted molar refractivity (Wildman–Crippen MR) is 121 cm³/mol. The van der Waals surface area contributed by atoms with Gasteiger partial charge in [0, 0.05) is 37.3 Å². The van der Waals surface area contributed by atoms with E-state index in [9.17, 15) is 9.18 Å². The van der Waals surface area contributed by atoms with Crippen molar-refractivity contribution < 1.29 is 13.9 Å². The Bertz CT molecular complexity index is 1060. The third-order valence-electron chi connectivity index (χ3n) is 5.61. The summed E-state index contributed by atoms with van der Waals surface area (Å²) in [5.74, 6) is 0.829. The molecule has 3 aromatic rings. The number of aromatic nitrogens is 1. The second-order valence-electron chi connectivity index (χ2n) is 7.74. The van der Waals surface area contributed by atoms with Crippen molar-refractivity contribution in [1.29, 1.82) is 0 Å². The Morgan fingerprint density at radius 1 is 1.10 bits per heavy atom. The first-order valence-electron chi connectivity index (χ1n) is 10.6. The van der Waals surface area contributed by atoms with E-state index < -0.39 is 0 Å². The number of rotatable bonds is 6. The number of anilines is 2. The van der Waals surface area contributed by atoms with E-state index in [1.807, 2.05) is 18.2 Å². The van der Waals surface area contributed by atoms with Gasteiger partial charge in [0.1, 0.15) is 17.4 Å². The van der Waals surface area contributed by atoms with Gasteiger partial charge in [0.05, 0.1) is 5.52 Å². The number of ether oxygens (including phenoxy) is 1. The number of aryl methyl sites for hydroxylation is 1. The van der Waals surface area contributed by atoms with E-state index in [1.54, 1.807) is 0 Å². The molecule has 1 aromatic heterocycles. The topological polar surface area (TPSA) is 57.7 Å². The summed E-state index contributed by atoms with van der Waals surface area (Å²) in [7, 11) is 0. The van der Waals surface area contributed by atoms with Crippen LogP contribution in [-0.2, 0) is 4.79 Å². The van der Waals surface area contributed by atoms with Gasteiger partial charge in [-0.1, -0.05) is 6.92 Å². The number of likely N-dealkylation sites (N-methyl/N-ethyl adjacent to an activating group) is 1. The Balaban J connectivity index is 1.42. The largest absolute Gasteiger partial charge is 0.484 e. The van der Waals surface area contributed by atoms with E-state index in [2.05, 4.69) is 35.0 Å². The molecular formula is C24H27FN4O2. The van der Waals surface area contributed by atoms with Gasteiger partial charge in [-0.2, -0.15) is 0 Å². The molecule has 1 saturated heterocycles. The number of nitrogens with one attached hydrogen (secondary N) is 1. The molecular weight excluding hydrogens is 395 g/mol. The standard InChI is InChI=1S/C24H27FN4O2/c1-3-28-10-12-29(13-11-28)23-14-17(2)21-15-19(6-9-22(21)27-23)26-24(30)16-31-20-7-4-18(25)5-8-20/h4-9,14-15H,3,10-13,16H2,1-2H3,(H,26,30). The van der Waals surface area contributed by atoms with E-state index in [0.29, 0.717) is 11.4 Å². The number of hydrogen-bond donors (Lipinski definition) is 1. The fraction of sp³-hybridized carbons (Fsp3) is 0.333. The zero-order valence-electron chi connectivity index (χ0n) is 17.9. The van der Waals surface area contributed by atoms with Crippen molar-refractivity contribution in [3.63, 3.8) is 0 Å². The third-order valence-corrected chi connectivity index (χ3v) is 5.61. The summed E-state index contributed by atoms with van der Waals surface area (Å²) in [4.78, 5) is 21.9. The van der Waals surface area contributed by atoms with Gasteiger partial charge in [0.15, 0.2) is 6.61 Å². The molecule has 6 nitrogen and oxygen atoms in total. The number of amides is 1. The zero-order valence-corrected chi connectivity index (χ0v) is 17.9. The van der Waals surface area contributed by atoms with Gasteiger partial charge >= 0.3 is 0 Å². The minimum Gasteiger partial charge on any atom is -0.484 e. The monoisotopic (exact) mass is 422 g/mol. The van der Waals surface area contributed by atoms with Gasteiger partial charge < -0.3 is 19.9 Å². The van der Waals surface area contributed by atoms with Gasteiger partial charge in [0.2, 0.25) is 0 Å². The van der Waals surface area contributed by atoms with Crippen molar-refractivity contribution in [2.75, 3.05) is 49.5 Å². The van der Waals surface area contributed by atoms with Crippen LogP contribution in [0.3, 0.4) is 0 Å². The number of hydrogen-bond acceptors (Lipinski definition) is 5. The summed E-state index contributed by atoms with van der Waals surface area (Å²) in [6.45, 7) is 9.27. The maximum atomic E-state index is 12.9. The minimum atomic E-state index is -0.344. The highest BCUT2D eigenvalue weighted by molar-refractivity contribution is 5.95. The van der Waals surface area contributed by atoms with Crippen molar-refractivity contribution in [1.82, 2.24) is 9.88 Å². The number of nitrogens with zero attached hydrogens (tertiary/aromatic N) is 3. The molecule has 1 N–H and O–H groups in total. The Kier molecular flexibility index (Phi) is 6.32. The molecule has 0 bridgehead atoms. The lowest BCUT2D eigenvalue weighted by Gasteiger charge is -2.35. The molecule has 0 aliphatic carbocycles. The first-order chi connectivity index (χ1) is 15.0. The number of halogens is 1. The summed E-state index contributed by atoms with van der Waals surface area (Å²) in [6, 6.07) is 13.4. The highest BCUT2D eigenvalue weighted by Crippen LogP contribution is 2.26. The van der Waals surface area contributed by atoms with Crippen molar-refractivity contribution in [2.24, 2.45) is 0 Å². The minimum absolute atomic E-state index is 0.149. The van der Waals surface area contributed by atoms with Crippen LogP contribution in [0.5, 0.6) is 5.75 Å². The summed E-state index contributed by atoms with van der Waals surface area (Å²) in [6.07, 6.45) is 0. The molecule has 1 fully saturated rings. The molecule has 1 aliphatic heterocycles. The van der Waals surface area contributed by atoms with Crippen LogP contribution in [0.4, 0.5) is 15.9 Å². The van der Waals surface area contributed by atoms with E-state index in [-0.39, 0.29) is 18.3 Å². The van der Waals surface area contributed by atoms with Crippen molar-refractivity contribution >= 4 is 28.3 Å². The molecule has 2 heterocycles. The summed E-state index contributed by atoms with van der Waals surface area (Å²) in [5.41, 5.74) is 2.72. The SMILES string of the molecule is CCN1CCN(c2cc(C)c3cc(NC(=O)COc4ccc(F)cc4)ccc3n2)CC1. The molecule has 31 heavy (non-hydrogen) atoms. The predicted octanol–water partition coefficient (Wildman–Crippen LogP) is 3.84. The van der Waals surface area contributed by atoms with Gasteiger partial charge in [-0.05, 0) is 67.6 Å². The number of carbonyl (C=O) groups is 1. The van der Waals surface area contributed by atoms with Crippen molar-refractivity contribution in [3.8, 4) is 5.75 Å². The van der Waals surface area contributed by atoms with Crippen LogP contribution in [0.1, 0.15) is 12.5 Å². The van der Waals surface area contributed by atoms with E-state index in [1.165, 1.54) is 24.3 Å². The number of carbonyl (C=O) groups excluding carboxylic acids is 1. The fourth-order valence-electron chi connectivity index (χ4n) is 3.79. The maximum absolute atomic E-state index is 12.9. The van der Waals surface area contributed by atoms with Gasteiger partial charge in [-0.15, -0.1) is 0 Å². The average molecular weight is 423 g/mol. The number of benzene rings is 2. The first-order valence-corrected chi connectivity index (χ1v) is 10.6. The molecule has 0 atom stereocenters. The van der Waals surface area contributed by atoms with Crippen molar-refractivity contribution in [2.45, 2.75) is 13.8 Å². The fourth-order valence-corrected chi connectivity index (χ4v) is 3.79. The Labute approximate surface area is 181 Å².